The Morgan fingerprint density at radius 1 is 1.33 bits per heavy atom. The third-order valence-electron chi connectivity index (χ3n) is 0.129. The molecule has 3 nitrogen and oxygen atoms in total. The molecule has 0 aliphatic rings. The fourth-order valence-corrected chi connectivity index (χ4v) is 0. The third-order valence-corrected chi connectivity index (χ3v) is 0.387. The van der Waals surface area contributed by atoms with Gasteiger partial charge in [0.15, 0.2) is 0 Å². The van der Waals surface area contributed by atoms with Crippen molar-refractivity contribution in [3.8, 4) is 0 Å². The summed E-state index contributed by atoms with van der Waals surface area (Å²) in [6.07, 6.45) is 0. The molecule has 0 unspecified atom stereocenters. The fourth-order valence-electron chi connectivity index (χ4n) is 0. The lowest BCUT2D eigenvalue weighted by Gasteiger charge is -1.69. The molecule has 0 radical (unpaired) electrons. The minimum absolute atomic E-state index is 0.684. The molecule has 6 N–H and O–H groups in total. The maximum absolute atomic E-state index is 4.95. The van der Waals surface area contributed by atoms with Crippen molar-refractivity contribution in [2.24, 2.45) is 17.4 Å². The normalized spacial score (nSPS) is 6.00. The minimum atomic E-state index is 0.684. The van der Waals surface area contributed by atoms with Crippen molar-refractivity contribution in [2.75, 3.05) is 12.3 Å². The zero-order valence-corrected chi connectivity index (χ0v) is 4.49. The Morgan fingerprint density at radius 2 is 1.50 bits per heavy atom. The first kappa shape index (κ1) is 9.52. The SMILES string of the molecule is NCCS.NN. The molecule has 0 aromatic heterocycles. The molecular formula is C2H11N3S. The molecule has 0 atom stereocenters. The highest BCUT2D eigenvalue weighted by Gasteiger charge is 1.56. The van der Waals surface area contributed by atoms with Crippen molar-refractivity contribution >= 4 is 12.6 Å². The summed E-state index contributed by atoms with van der Waals surface area (Å²) in [5.41, 5.74) is 4.95. The van der Waals surface area contributed by atoms with Gasteiger partial charge in [-0.15, -0.1) is 0 Å². The maximum Gasteiger partial charge on any atom is 0.00255 e. The van der Waals surface area contributed by atoms with Crippen LogP contribution >= 0.6 is 12.6 Å². The van der Waals surface area contributed by atoms with Crippen LogP contribution in [0.25, 0.3) is 0 Å². The fraction of sp³-hybridized carbons (Fsp3) is 1.00. The van der Waals surface area contributed by atoms with Crippen LogP contribution in [0.2, 0.25) is 0 Å². The second-order valence-electron chi connectivity index (χ2n) is 0.512. The molecule has 0 amide bonds. The van der Waals surface area contributed by atoms with Crippen LogP contribution in [0.4, 0.5) is 0 Å². The van der Waals surface area contributed by atoms with Gasteiger partial charge in [0.05, 0.1) is 0 Å². The van der Waals surface area contributed by atoms with E-state index in [-0.39, 0.29) is 0 Å². The zero-order chi connectivity index (χ0) is 5.41. The Labute approximate surface area is 43.3 Å². The standard InChI is InChI=1S/C2H7NS.H4N2/c3-1-2-4;1-2/h4H,1-3H2;1-2H2. The van der Waals surface area contributed by atoms with E-state index in [0.717, 1.165) is 5.75 Å². The first-order valence-electron chi connectivity index (χ1n) is 1.56. The van der Waals surface area contributed by atoms with Gasteiger partial charge in [0.25, 0.3) is 0 Å². The molecule has 0 fully saturated rings. The van der Waals surface area contributed by atoms with Crippen LogP contribution in [0.15, 0.2) is 0 Å². The van der Waals surface area contributed by atoms with Gasteiger partial charge >= 0.3 is 0 Å². The van der Waals surface area contributed by atoms with E-state index in [9.17, 15) is 0 Å². The summed E-state index contributed by atoms with van der Waals surface area (Å²) in [4.78, 5) is 0. The number of hydrogen-bond acceptors (Lipinski definition) is 4. The van der Waals surface area contributed by atoms with E-state index in [4.69, 9.17) is 5.73 Å². The molecule has 0 saturated carbocycles. The molecule has 0 saturated heterocycles. The summed E-state index contributed by atoms with van der Waals surface area (Å²) in [7, 11) is 0. The molecular weight excluding hydrogens is 98.1 g/mol. The van der Waals surface area contributed by atoms with Gasteiger partial charge in [0.1, 0.15) is 0 Å². The Balaban J connectivity index is 0. The van der Waals surface area contributed by atoms with Crippen molar-refractivity contribution in [2.45, 2.75) is 0 Å². The van der Waals surface area contributed by atoms with Crippen LogP contribution in [-0.2, 0) is 0 Å². The summed E-state index contributed by atoms with van der Waals surface area (Å²) in [6, 6.07) is 0. The molecule has 0 bridgehead atoms. The average Bonchev–Trinajstić information content (AvgIpc) is 1.72. The summed E-state index contributed by atoms with van der Waals surface area (Å²) < 4.78 is 0. The van der Waals surface area contributed by atoms with Crippen molar-refractivity contribution in [3.63, 3.8) is 0 Å². The summed E-state index contributed by atoms with van der Waals surface area (Å²) in [5, 5.41) is 0. The van der Waals surface area contributed by atoms with Crippen molar-refractivity contribution in [1.29, 1.82) is 0 Å². The Hall–Kier alpha value is 0.230. The van der Waals surface area contributed by atoms with Gasteiger partial charge in [-0.1, -0.05) is 0 Å². The Bertz CT molecular complexity index is 10.8. The number of hydrazine groups is 1. The van der Waals surface area contributed by atoms with E-state index >= 15 is 0 Å². The molecule has 0 aromatic carbocycles. The number of nitrogens with two attached hydrogens (primary N) is 3. The quantitative estimate of drug-likeness (QED) is 0.192. The molecule has 0 aromatic rings. The highest BCUT2D eigenvalue weighted by atomic mass is 32.1. The third kappa shape index (κ3) is 29.2. The molecule has 4 heteroatoms. The van der Waals surface area contributed by atoms with Crippen LogP contribution in [-0.4, -0.2) is 12.3 Å². The van der Waals surface area contributed by atoms with E-state index in [0.29, 0.717) is 6.54 Å². The van der Waals surface area contributed by atoms with Gasteiger partial charge in [-0.05, 0) is 0 Å². The molecule has 0 spiro atoms. The minimum Gasteiger partial charge on any atom is -0.330 e. The van der Waals surface area contributed by atoms with E-state index in [2.05, 4.69) is 24.3 Å². The molecule has 40 valence electrons. The lowest BCUT2D eigenvalue weighted by molar-refractivity contribution is 1.16. The smallest absolute Gasteiger partial charge is 0.00255 e. The van der Waals surface area contributed by atoms with Crippen molar-refractivity contribution in [1.82, 2.24) is 0 Å². The topological polar surface area (TPSA) is 78.1 Å². The Kier molecular flexibility index (Phi) is 29.9. The largest absolute Gasteiger partial charge is 0.330 e. The lowest BCUT2D eigenvalue weighted by Crippen LogP contribution is -2.02. The molecule has 0 rings (SSSR count). The average molecular weight is 109 g/mol. The zero-order valence-electron chi connectivity index (χ0n) is 3.59. The van der Waals surface area contributed by atoms with Gasteiger partial charge in [-0.3, -0.25) is 11.7 Å². The van der Waals surface area contributed by atoms with E-state index in [1.54, 1.807) is 0 Å². The van der Waals surface area contributed by atoms with E-state index < -0.39 is 0 Å². The number of rotatable bonds is 1. The Morgan fingerprint density at radius 3 is 1.50 bits per heavy atom. The summed E-state index contributed by atoms with van der Waals surface area (Å²) in [6.45, 7) is 0.684. The van der Waals surface area contributed by atoms with Gasteiger partial charge < -0.3 is 5.73 Å². The predicted molar refractivity (Wildman–Crippen MR) is 31.3 cm³/mol. The van der Waals surface area contributed by atoms with E-state index in [1.807, 2.05) is 0 Å². The lowest BCUT2D eigenvalue weighted by atomic mass is 10.8. The van der Waals surface area contributed by atoms with Crippen LogP contribution in [0.3, 0.4) is 0 Å². The highest BCUT2D eigenvalue weighted by molar-refractivity contribution is 7.80. The van der Waals surface area contributed by atoms with Crippen LogP contribution in [0.1, 0.15) is 0 Å². The van der Waals surface area contributed by atoms with Gasteiger partial charge in [-0.2, -0.15) is 12.6 Å². The maximum atomic E-state index is 4.95. The molecule has 6 heavy (non-hydrogen) atoms. The first-order valence-corrected chi connectivity index (χ1v) is 2.19. The second-order valence-corrected chi connectivity index (χ2v) is 0.959. The predicted octanol–water partition coefficient (Wildman–Crippen LogP) is -1.31. The van der Waals surface area contributed by atoms with Crippen molar-refractivity contribution < 1.29 is 0 Å². The number of hydrogen-bond donors (Lipinski definition) is 4. The van der Waals surface area contributed by atoms with Gasteiger partial charge in [0, 0.05) is 12.3 Å². The summed E-state index contributed by atoms with van der Waals surface area (Å²) >= 11 is 3.80. The van der Waals surface area contributed by atoms with E-state index in [1.165, 1.54) is 0 Å². The van der Waals surface area contributed by atoms with Gasteiger partial charge in [0.2, 0.25) is 0 Å². The van der Waals surface area contributed by atoms with Crippen LogP contribution in [0, 0.1) is 0 Å². The first-order chi connectivity index (χ1) is 2.91. The van der Waals surface area contributed by atoms with Crippen molar-refractivity contribution in [3.05, 3.63) is 0 Å². The second kappa shape index (κ2) is 18.8. The molecule has 0 aliphatic carbocycles. The van der Waals surface area contributed by atoms with Crippen LogP contribution in [0.5, 0.6) is 0 Å². The summed E-state index contributed by atoms with van der Waals surface area (Å²) in [5.74, 6) is 8.79. The highest BCUT2D eigenvalue weighted by Crippen LogP contribution is 1.58. The van der Waals surface area contributed by atoms with Crippen LogP contribution < -0.4 is 17.4 Å². The molecule has 0 heterocycles. The number of thiol groups is 1. The molecule has 0 aliphatic heterocycles. The monoisotopic (exact) mass is 109 g/mol. The van der Waals surface area contributed by atoms with Gasteiger partial charge in [-0.25, -0.2) is 0 Å².